The first-order chi connectivity index (χ1) is 13.6. The molecule has 0 saturated heterocycles. The molecule has 0 radical (unpaired) electrons. The molecule has 1 heterocycles. The van der Waals surface area contributed by atoms with Crippen molar-refractivity contribution in [2.75, 3.05) is 17.7 Å². The van der Waals surface area contributed by atoms with Crippen LogP contribution in [0.5, 0.6) is 0 Å². The Morgan fingerprint density at radius 3 is 2.21 bits per heavy atom. The fraction of sp³-hybridized carbons (Fsp3) is 0.190. The quantitative estimate of drug-likeness (QED) is 0.614. The third kappa shape index (κ3) is 4.56. The van der Waals surface area contributed by atoms with Gasteiger partial charge in [-0.15, -0.1) is 0 Å². The van der Waals surface area contributed by atoms with Gasteiger partial charge >= 0.3 is 6.03 Å². The maximum atomic E-state index is 12.7. The van der Waals surface area contributed by atoms with Crippen LogP contribution in [0, 0.1) is 0 Å². The lowest BCUT2D eigenvalue weighted by atomic mass is 10.1. The lowest BCUT2D eigenvalue weighted by molar-refractivity contribution is 0.102. The van der Waals surface area contributed by atoms with E-state index in [1.165, 1.54) is 0 Å². The van der Waals surface area contributed by atoms with Crippen molar-refractivity contribution in [3.8, 4) is 0 Å². The average Bonchev–Trinajstić information content (AvgIpc) is 3.12. The van der Waals surface area contributed by atoms with Crippen molar-refractivity contribution >= 4 is 23.3 Å². The van der Waals surface area contributed by atoms with E-state index in [9.17, 15) is 9.59 Å². The highest BCUT2D eigenvalue weighted by Gasteiger charge is 2.16. The van der Waals surface area contributed by atoms with Crippen molar-refractivity contribution in [3.05, 3.63) is 77.6 Å². The second-order valence-corrected chi connectivity index (χ2v) is 6.24. The molecule has 3 rings (SSSR count). The molecule has 0 fully saturated rings. The van der Waals surface area contributed by atoms with E-state index >= 15 is 0 Å². The van der Waals surface area contributed by atoms with Gasteiger partial charge in [-0.05, 0) is 36.2 Å². The fourth-order valence-corrected chi connectivity index (χ4v) is 2.89. The van der Waals surface area contributed by atoms with Crippen molar-refractivity contribution in [3.63, 3.8) is 0 Å². The highest BCUT2D eigenvalue weighted by Crippen LogP contribution is 2.17. The Morgan fingerprint density at radius 2 is 1.61 bits per heavy atom. The van der Waals surface area contributed by atoms with Crippen LogP contribution in [0.3, 0.4) is 0 Å². The van der Waals surface area contributed by atoms with Gasteiger partial charge in [0.05, 0.1) is 24.0 Å². The van der Waals surface area contributed by atoms with E-state index in [1.54, 1.807) is 37.5 Å². The first kappa shape index (κ1) is 19.2. The molecule has 0 atom stereocenters. The van der Waals surface area contributed by atoms with Crippen molar-refractivity contribution in [1.29, 1.82) is 0 Å². The normalized spacial score (nSPS) is 10.4. The predicted octanol–water partition coefficient (Wildman–Crippen LogP) is 3.50. The third-order valence-electron chi connectivity index (χ3n) is 4.33. The summed E-state index contributed by atoms with van der Waals surface area (Å²) in [5.74, 6) is -0.205. The monoisotopic (exact) mass is 377 g/mol. The zero-order valence-electron chi connectivity index (χ0n) is 15.9. The van der Waals surface area contributed by atoms with Crippen molar-refractivity contribution in [1.82, 2.24) is 15.1 Å². The SMILES string of the molecule is CCc1c(C(=O)Nc2ccc(NC(=O)NC)cc2)cnn1Cc1ccccc1. The van der Waals surface area contributed by atoms with Gasteiger partial charge in [-0.1, -0.05) is 37.3 Å². The number of nitrogens with one attached hydrogen (secondary N) is 3. The number of nitrogens with zero attached hydrogens (tertiary/aromatic N) is 2. The van der Waals surface area contributed by atoms with Crippen LogP contribution in [0.2, 0.25) is 0 Å². The minimum atomic E-state index is -0.296. The number of hydrogen-bond acceptors (Lipinski definition) is 3. The zero-order chi connectivity index (χ0) is 19.9. The molecule has 7 nitrogen and oxygen atoms in total. The van der Waals surface area contributed by atoms with Gasteiger partial charge in [0.15, 0.2) is 0 Å². The van der Waals surface area contributed by atoms with Gasteiger partial charge in [-0.3, -0.25) is 9.48 Å². The summed E-state index contributed by atoms with van der Waals surface area (Å²) in [5, 5.41) is 12.4. The van der Waals surface area contributed by atoms with Crippen LogP contribution < -0.4 is 16.0 Å². The molecule has 1 aromatic heterocycles. The van der Waals surface area contributed by atoms with E-state index in [2.05, 4.69) is 21.0 Å². The van der Waals surface area contributed by atoms with E-state index in [4.69, 9.17) is 0 Å². The summed E-state index contributed by atoms with van der Waals surface area (Å²) in [6, 6.07) is 16.7. The Kier molecular flexibility index (Phi) is 6.06. The minimum absolute atomic E-state index is 0.205. The number of aromatic nitrogens is 2. The number of amides is 3. The van der Waals surface area contributed by atoms with Crippen LogP contribution in [0.25, 0.3) is 0 Å². The van der Waals surface area contributed by atoms with E-state index in [0.29, 0.717) is 29.9 Å². The maximum Gasteiger partial charge on any atom is 0.318 e. The largest absolute Gasteiger partial charge is 0.341 e. The van der Waals surface area contributed by atoms with Crippen molar-refractivity contribution < 1.29 is 9.59 Å². The van der Waals surface area contributed by atoms with Crippen LogP contribution in [-0.2, 0) is 13.0 Å². The second kappa shape index (κ2) is 8.85. The molecule has 0 spiro atoms. The first-order valence-corrected chi connectivity index (χ1v) is 9.09. The third-order valence-corrected chi connectivity index (χ3v) is 4.33. The van der Waals surface area contributed by atoms with Gasteiger partial charge in [-0.25, -0.2) is 4.79 Å². The van der Waals surface area contributed by atoms with E-state index in [1.807, 2.05) is 41.9 Å². The lowest BCUT2D eigenvalue weighted by Crippen LogP contribution is -2.24. The van der Waals surface area contributed by atoms with Crippen LogP contribution in [0.15, 0.2) is 60.8 Å². The molecule has 2 aromatic carbocycles. The molecular weight excluding hydrogens is 354 g/mol. The molecule has 0 saturated carbocycles. The molecular formula is C21H23N5O2. The molecule has 3 aromatic rings. The van der Waals surface area contributed by atoms with Gasteiger partial charge in [0.1, 0.15) is 0 Å². The molecule has 7 heteroatoms. The number of benzene rings is 2. The Labute approximate surface area is 163 Å². The lowest BCUT2D eigenvalue weighted by Gasteiger charge is -2.09. The summed E-state index contributed by atoms with van der Waals surface area (Å²) in [4.78, 5) is 24.1. The molecule has 0 aliphatic carbocycles. The Morgan fingerprint density at radius 1 is 0.964 bits per heavy atom. The van der Waals surface area contributed by atoms with Crippen molar-refractivity contribution in [2.45, 2.75) is 19.9 Å². The van der Waals surface area contributed by atoms with Crippen molar-refractivity contribution in [2.24, 2.45) is 0 Å². The van der Waals surface area contributed by atoms with Crippen LogP contribution in [-0.4, -0.2) is 28.8 Å². The maximum absolute atomic E-state index is 12.7. The van der Waals surface area contributed by atoms with Crippen LogP contribution in [0.4, 0.5) is 16.2 Å². The van der Waals surface area contributed by atoms with Gasteiger partial charge in [0.25, 0.3) is 5.91 Å². The zero-order valence-corrected chi connectivity index (χ0v) is 15.9. The number of hydrogen-bond donors (Lipinski definition) is 3. The summed E-state index contributed by atoms with van der Waals surface area (Å²) < 4.78 is 1.86. The summed E-state index contributed by atoms with van der Waals surface area (Å²) in [6.07, 6.45) is 2.31. The Bertz CT molecular complexity index is 949. The number of anilines is 2. The number of carbonyl (C=O) groups is 2. The predicted molar refractivity (Wildman–Crippen MR) is 110 cm³/mol. The Balaban J connectivity index is 1.71. The molecule has 28 heavy (non-hydrogen) atoms. The molecule has 0 aliphatic rings. The molecule has 0 unspecified atom stereocenters. The molecule has 144 valence electrons. The molecule has 3 N–H and O–H groups in total. The van der Waals surface area contributed by atoms with E-state index in [0.717, 1.165) is 11.3 Å². The molecule has 0 aliphatic heterocycles. The number of carbonyl (C=O) groups excluding carboxylic acids is 2. The fourth-order valence-electron chi connectivity index (χ4n) is 2.89. The van der Waals surface area contributed by atoms with E-state index < -0.39 is 0 Å². The topological polar surface area (TPSA) is 88.1 Å². The smallest absolute Gasteiger partial charge is 0.318 e. The summed E-state index contributed by atoms with van der Waals surface area (Å²) in [6.45, 7) is 2.63. The minimum Gasteiger partial charge on any atom is -0.341 e. The average molecular weight is 377 g/mol. The second-order valence-electron chi connectivity index (χ2n) is 6.24. The molecule has 0 bridgehead atoms. The highest BCUT2D eigenvalue weighted by molar-refractivity contribution is 6.05. The van der Waals surface area contributed by atoms with Gasteiger partial charge in [0, 0.05) is 18.4 Å². The van der Waals surface area contributed by atoms with Gasteiger partial charge in [0.2, 0.25) is 0 Å². The van der Waals surface area contributed by atoms with Gasteiger partial charge in [-0.2, -0.15) is 5.10 Å². The van der Waals surface area contributed by atoms with Crippen LogP contribution in [0.1, 0.15) is 28.5 Å². The van der Waals surface area contributed by atoms with Gasteiger partial charge < -0.3 is 16.0 Å². The summed E-state index contributed by atoms with van der Waals surface area (Å²) >= 11 is 0. The molecule has 3 amide bonds. The van der Waals surface area contributed by atoms with Crippen LogP contribution >= 0.6 is 0 Å². The number of rotatable bonds is 6. The Hall–Kier alpha value is -3.61. The standard InChI is InChI=1S/C21H23N5O2/c1-3-19-18(13-23-26(19)14-15-7-5-4-6-8-15)20(27)24-16-9-11-17(12-10-16)25-21(28)22-2/h4-13H,3,14H2,1-2H3,(H,24,27)(H2,22,25,28). The van der Waals surface area contributed by atoms with E-state index in [-0.39, 0.29) is 11.9 Å². The summed E-state index contributed by atoms with van der Waals surface area (Å²) in [5.41, 5.74) is 3.87. The summed E-state index contributed by atoms with van der Waals surface area (Å²) in [7, 11) is 1.55. The first-order valence-electron chi connectivity index (χ1n) is 9.09. The highest BCUT2D eigenvalue weighted by atomic mass is 16.2. The number of urea groups is 1.